The Morgan fingerprint density at radius 3 is 2.95 bits per heavy atom. The van der Waals surface area contributed by atoms with Crippen molar-refractivity contribution in [1.29, 1.82) is 0 Å². The molecule has 0 saturated carbocycles. The molecule has 0 bridgehead atoms. The summed E-state index contributed by atoms with van der Waals surface area (Å²) in [5.41, 5.74) is 2.08. The van der Waals surface area contributed by atoms with Crippen molar-refractivity contribution in [2.24, 2.45) is 0 Å². The molecular formula is C14H10N2O3S. The van der Waals surface area contributed by atoms with Crippen LogP contribution in [0.4, 0.5) is 0 Å². The van der Waals surface area contributed by atoms with Crippen LogP contribution in [0.15, 0.2) is 29.8 Å². The van der Waals surface area contributed by atoms with Crippen molar-refractivity contribution in [2.45, 2.75) is 0 Å². The van der Waals surface area contributed by atoms with Crippen LogP contribution < -0.4 is 9.47 Å². The molecule has 20 heavy (non-hydrogen) atoms. The zero-order chi connectivity index (χ0) is 13.5. The molecule has 2 aromatic heterocycles. The average Bonchev–Trinajstić information content (AvgIpc) is 3.07. The van der Waals surface area contributed by atoms with Gasteiger partial charge in [-0.25, -0.2) is 4.98 Å². The number of nitrogens with zero attached hydrogens (tertiary/aromatic N) is 2. The standard InChI is InChI=1S/C14H10N2O3S/c17-8-10-13(15-14-16(10)3-6-20-14)9-1-2-11-12(7-9)19-5-4-18-11/h1-3,6-8H,4-5H2. The Balaban J connectivity index is 1.90. The first-order chi connectivity index (χ1) is 9.86. The van der Waals surface area contributed by atoms with Crippen molar-refractivity contribution in [2.75, 3.05) is 13.2 Å². The van der Waals surface area contributed by atoms with Crippen LogP contribution in [-0.2, 0) is 0 Å². The van der Waals surface area contributed by atoms with Crippen LogP contribution in [0.1, 0.15) is 10.5 Å². The largest absolute Gasteiger partial charge is 0.486 e. The molecule has 0 aliphatic carbocycles. The molecule has 6 heteroatoms. The van der Waals surface area contributed by atoms with Crippen LogP contribution >= 0.6 is 11.3 Å². The summed E-state index contributed by atoms with van der Waals surface area (Å²) in [5.74, 6) is 1.43. The van der Waals surface area contributed by atoms with E-state index in [4.69, 9.17) is 9.47 Å². The van der Waals surface area contributed by atoms with Gasteiger partial charge in [-0.05, 0) is 18.2 Å². The van der Waals surface area contributed by atoms with Gasteiger partial charge in [-0.15, -0.1) is 11.3 Å². The van der Waals surface area contributed by atoms with Gasteiger partial charge in [-0.1, -0.05) is 0 Å². The van der Waals surface area contributed by atoms with Gasteiger partial charge in [0, 0.05) is 17.1 Å². The highest BCUT2D eigenvalue weighted by Crippen LogP contribution is 2.35. The fraction of sp³-hybridized carbons (Fsp3) is 0.143. The first kappa shape index (κ1) is 11.5. The van der Waals surface area contributed by atoms with Gasteiger partial charge >= 0.3 is 0 Å². The van der Waals surface area contributed by atoms with Crippen LogP contribution in [0.25, 0.3) is 16.2 Å². The molecule has 0 unspecified atom stereocenters. The lowest BCUT2D eigenvalue weighted by atomic mass is 10.1. The highest BCUT2D eigenvalue weighted by molar-refractivity contribution is 7.15. The topological polar surface area (TPSA) is 52.8 Å². The number of benzene rings is 1. The van der Waals surface area contributed by atoms with Crippen LogP contribution in [-0.4, -0.2) is 28.9 Å². The molecule has 0 N–H and O–H groups in total. The summed E-state index contributed by atoms with van der Waals surface area (Å²) in [6.07, 6.45) is 2.68. The van der Waals surface area contributed by atoms with Crippen LogP contribution in [0.5, 0.6) is 11.5 Å². The first-order valence-corrected chi connectivity index (χ1v) is 7.05. The predicted octanol–water partition coefficient (Wildman–Crippen LogP) is 2.65. The summed E-state index contributed by atoms with van der Waals surface area (Å²) in [7, 11) is 0. The molecular weight excluding hydrogens is 276 g/mol. The van der Waals surface area contributed by atoms with E-state index in [9.17, 15) is 4.79 Å². The highest BCUT2D eigenvalue weighted by Gasteiger charge is 2.17. The van der Waals surface area contributed by atoms with Crippen molar-refractivity contribution in [3.8, 4) is 22.8 Å². The molecule has 0 saturated heterocycles. The molecule has 5 nitrogen and oxygen atoms in total. The summed E-state index contributed by atoms with van der Waals surface area (Å²) < 4.78 is 12.9. The monoisotopic (exact) mass is 286 g/mol. The number of thiazole rings is 1. The fourth-order valence-electron chi connectivity index (χ4n) is 2.32. The Kier molecular flexibility index (Phi) is 2.50. The molecule has 3 aromatic rings. The number of hydrogen-bond donors (Lipinski definition) is 0. The first-order valence-electron chi connectivity index (χ1n) is 6.17. The van der Waals surface area contributed by atoms with Crippen LogP contribution in [0.2, 0.25) is 0 Å². The van der Waals surface area contributed by atoms with Crippen molar-refractivity contribution in [3.63, 3.8) is 0 Å². The smallest absolute Gasteiger partial charge is 0.194 e. The van der Waals surface area contributed by atoms with E-state index >= 15 is 0 Å². The Hall–Kier alpha value is -2.34. The number of fused-ring (bicyclic) bond motifs is 2. The molecule has 1 aliphatic heterocycles. The van der Waals surface area contributed by atoms with Crippen LogP contribution in [0, 0.1) is 0 Å². The van der Waals surface area contributed by atoms with E-state index in [2.05, 4.69) is 4.98 Å². The third-order valence-electron chi connectivity index (χ3n) is 3.23. The van der Waals surface area contributed by atoms with Crippen molar-refractivity contribution >= 4 is 22.6 Å². The SMILES string of the molecule is O=Cc1c(-c2ccc3c(c2)OCCO3)nc2sccn12. The van der Waals surface area contributed by atoms with E-state index in [1.54, 1.807) is 4.40 Å². The van der Waals surface area contributed by atoms with Gasteiger partial charge in [0.05, 0.1) is 0 Å². The minimum absolute atomic E-state index is 0.537. The zero-order valence-corrected chi connectivity index (χ0v) is 11.2. The molecule has 0 radical (unpaired) electrons. The number of aldehydes is 1. The lowest BCUT2D eigenvalue weighted by Gasteiger charge is -2.18. The van der Waals surface area contributed by atoms with Gasteiger partial charge in [0.25, 0.3) is 0 Å². The van der Waals surface area contributed by atoms with Crippen LogP contribution in [0.3, 0.4) is 0 Å². The molecule has 1 aromatic carbocycles. The summed E-state index contributed by atoms with van der Waals surface area (Å²) >= 11 is 1.50. The number of carbonyl (C=O) groups is 1. The number of carbonyl (C=O) groups excluding carboxylic acids is 1. The third-order valence-corrected chi connectivity index (χ3v) is 3.98. The Bertz CT molecular complexity index is 806. The van der Waals surface area contributed by atoms with Crippen molar-refractivity contribution < 1.29 is 14.3 Å². The van der Waals surface area contributed by atoms with E-state index in [1.165, 1.54) is 11.3 Å². The van der Waals surface area contributed by atoms with E-state index in [1.807, 2.05) is 29.8 Å². The minimum atomic E-state index is 0.537. The lowest BCUT2D eigenvalue weighted by molar-refractivity contribution is 0.111. The summed E-state index contributed by atoms with van der Waals surface area (Å²) in [4.78, 5) is 16.7. The second-order valence-corrected chi connectivity index (χ2v) is 5.25. The van der Waals surface area contributed by atoms with E-state index in [0.717, 1.165) is 22.6 Å². The number of aromatic nitrogens is 2. The van der Waals surface area contributed by atoms with E-state index < -0.39 is 0 Å². The Labute approximate surface area is 118 Å². The van der Waals surface area contributed by atoms with Gasteiger partial charge in [0.2, 0.25) is 0 Å². The lowest BCUT2D eigenvalue weighted by Crippen LogP contribution is -2.15. The zero-order valence-electron chi connectivity index (χ0n) is 10.4. The number of hydrogen-bond acceptors (Lipinski definition) is 5. The number of ether oxygens (including phenoxy) is 2. The molecule has 0 amide bonds. The molecule has 3 heterocycles. The quantitative estimate of drug-likeness (QED) is 0.680. The van der Waals surface area contributed by atoms with E-state index in [-0.39, 0.29) is 0 Å². The van der Waals surface area contributed by atoms with Crippen molar-refractivity contribution in [1.82, 2.24) is 9.38 Å². The van der Waals surface area contributed by atoms with Crippen molar-refractivity contribution in [3.05, 3.63) is 35.5 Å². The number of rotatable bonds is 2. The van der Waals surface area contributed by atoms with Gasteiger partial charge in [0.15, 0.2) is 22.7 Å². The molecule has 0 fully saturated rings. The average molecular weight is 286 g/mol. The maximum Gasteiger partial charge on any atom is 0.194 e. The van der Waals surface area contributed by atoms with Gasteiger partial charge in [-0.3, -0.25) is 9.20 Å². The maximum atomic E-state index is 11.4. The summed E-state index contributed by atoms with van der Waals surface area (Å²) in [6.45, 7) is 1.10. The number of imidazole rings is 1. The van der Waals surface area contributed by atoms with Gasteiger partial charge in [0.1, 0.15) is 24.6 Å². The highest BCUT2D eigenvalue weighted by atomic mass is 32.1. The van der Waals surface area contributed by atoms with Gasteiger partial charge in [-0.2, -0.15) is 0 Å². The molecule has 0 spiro atoms. The molecule has 4 rings (SSSR count). The predicted molar refractivity (Wildman–Crippen MR) is 74.9 cm³/mol. The summed E-state index contributed by atoms with van der Waals surface area (Å²) in [6, 6.07) is 5.62. The molecule has 0 atom stereocenters. The Morgan fingerprint density at radius 1 is 1.25 bits per heavy atom. The molecule has 100 valence electrons. The minimum Gasteiger partial charge on any atom is -0.486 e. The Morgan fingerprint density at radius 2 is 2.10 bits per heavy atom. The van der Waals surface area contributed by atoms with Gasteiger partial charge < -0.3 is 9.47 Å². The third kappa shape index (κ3) is 1.61. The second kappa shape index (κ2) is 4.35. The second-order valence-electron chi connectivity index (χ2n) is 4.38. The maximum absolute atomic E-state index is 11.4. The normalized spacial score (nSPS) is 13.6. The summed E-state index contributed by atoms with van der Waals surface area (Å²) in [5, 5.41) is 1.91. The molecule has 1 aliphatic rings. The van der Waals surface area contributed by atoms with E-state index in [0.29, 0.717) is 30.4 Å². The fourth-order valence-corrected chi connectivity index (χ4v) is 3.04.